The summed E-state index contributed by atoms with van der Waals surface area (Å²) in [4.78, 5) is 16.0. The van der Waals surface area contributed by atoms with E-state index in [1.807, 2.05) is 24.3 Å². The molecule has 0 radical (unpaired) electrons. The summed E-state index contributed by atoms with van der Waals surface area (Å²) < 4.78 is 8.72. The van der Waals surface area contributed by atoms with Gasteiger partial charge in [-0.2, -0.15) is 0 Å². The number of hydrogen-bond acceptors (Lipinski definition) is 3. The number of aromatic nitrogens is 1. The summed E-state index contributed by atoms with van der Waals surface area (Å²) in [6.45, 7) is 15.6. The van der Waals surface area contributed by atoms with Gasteiger partial charge in [0.15, 0.2) is 15.5 Å². The molecule has 0 unspecified atom stereocenters. The third-order valence-corrected chi connectivity index (χ3v) is 8.93. The maximum Gasteiger partial charge on any atom is 0.179 e. The summed E-state index contributed by atoms with van der Waals surface area (Å²) in [5, 5.41) is 1.92. The molecule has 4 nitrogen and oxygen atoms in total. The molecule has 188 valence electrons. The van der Waals surface area contributed by atoms with Crippen LogP contribution in [0.5, 0.6) is 0 Å². The Morgan fingerprint density at radius 1 is 1.00 bits per heavy atom. The molecule has 1 aliphatic rings. The van der Waals surface area contributed by atoms with Crippen LogP contribution < -0.4 is 0 Å². The number of ketones is 1. The molecular weight excluding hydrogens is 472 g/mol. The van der Waals surface area contributed by atoms with E-state index in [0.29, 0.717) is 11.6 Å². The van der Waals surface area contributed by atoms with Crippen molar-refractivity contribution in [3.8, 4) is 5.69 Å². The number of piperidine rings is 1. The number of carbonyl (C=O) groups is 1. The quantitative estimate of drug-likeness (QED) is 0.258. The molecular formula is C29H39ClN2O2Si. The van der Waals surface area contributed by atoms with Gasteiger partial charge in [-0.05, 0) is 87.6 Å². The van der Waals surface area contributed by atoms with Crippen LogP contribution in [0.2, 0.25) is 10.1 Å². The normalized spacial score (nSPS) is 16.0. The van der Waals surface area contributed by atoms with Crippen molar-refractivity contribution in [3.05, 3.63) is 64.3 Å². The van der Waals surface area contributed by atoms with Crippen LogP contribution in [-0.4, -0.2) is 44.6 Å². The monoisotopic (exact) mass is 510 g/mol. The van der Waals surface area contributed by atoms with Crippen molar-refractivity contribution in [1.29, 1.82) is 0 Å². The molecule has 35 heavy (non-hydrogen) atoms. The first-order chi connectivity index (χ1) is 16.5. The zero-order valence-electron chi connectivity index (χ0n) is 22.1. The SMILES string of the molecule is Cc1c(C(=O)CN2CCCCC2)c2ccc(C(C)(C)O[SiH2]C(C)(C)C)cc2n1-c1ccc(Cl)cc1. The van der Waals surface area contributed by atoms with Gasteiger partial charge in [0.1, 0.15) is 0 Å². The second kappa shape index (κ2) is 10.2. The minimum atomic E-state index is -0.727. The average molecular weight is 511 g/mol. The maximum atomic E-state index is 13.6. The van der Waals surface area contributed by atoms with Gasteiger partial charge in [-0.1, -0.05) is 50.9 Å². The average Bonchev–Trinajstić information content (AvgIpc) is 3.10. The number of halogens is 1. The van der Waals surface area contributed by atoms with Crippen LogP contribution >= 0.6 is 11.6 Å². The molecule has 0 atom stereocenters. The van der Waals surface area contributed by atoms with E-state index in [9.17, 15) is 4.79 Å². The smallest absolute Gasteiger partial charge is 0.179 e. The lowest BCUT2D eigenvalue weighted by Crippen LogP contribution is -2.34. The second-order valence-electron chi connectivity index (χ2n) is 11.6. The van der Waals surface area contributed by atoms with Gasteiger partial charge >= 0.3 is 0 Å². The standard InChI is InChI=1S/C29H39ClN2O2Si/c1-20-27(26(33)19-31-16-8-7-9-17-31)24-15-10-21(29(5,6)34-35-28(2,3)4)18-25(24)32(20)23-13-11-22(30)12-14-23/h10-15,18H,7-9,16-17,19,35H2,1-6H3. The van der Waals surface area contributed by atoms with Crippen LogP contribution in [0.15, 0.2) is 42.5 Å². The number of fused-ring (bicyclic) bond motifs is 1. The highest BCUT2D eigenvalue weighted by molar-refractivity contribution is 6.32. The minimum absolute atomic E-state index is 0.200. The first-order valence-electron chi connectivity index (χ1n) is 12.8. The highest BCUT2D eigenvalue weighted by atomic mass is 35.5. The molecule has 2 aromatic carbocycles. The van der Waals surface area contributed by atoms with Crippen LogP contribution in [0.4, 0.5) is 0 Å². The van der Waals surface area contributed by atoms with Crippen LogP contribution in [-0.2, 0) is 10.0 Å². The number of hydrogen-bond donors (Lipinski definition) is 0. The Bertz CT molecular complexity index is 1200. The van der Waals surface area contributed by atoms with Crippen molar-refractivity contribution >= 4 is 38.1 Å². The molecule has 0 spiro atoms. The number of nitrogens with zero attached hydrogens (tertiary/aromatic N) is 2. The largest absolute Gasteiger partial charge is 0.415 e. The summed E-state index contributed by atoms with van der Waals surface area (Å²) in [6, 6.07) is 14.3. The lowest BCUT2D eigenvalue weighted by Gasteiger charge is -2.30. The third kappa shape index (κ3) is 5.91. The molecule has 0 amide bonds. The fourth-order valence-electron chi connectivity index (χ4n) is 4.94. The fourth-order valence-corrected chi connectivity index (χ4v) is 6.03. The van der Waals surface area contributed by atoms with E-state index >= 15 is 0 Å². The minimum Gasteiger partial charge on any atom is -0.415 e. The summed E-state index contributed by atoms with van der Waals surface area (Å²) in [5.41, 5.74) is 4.59. The topological polar surface area (TPSA) is 34.5 Å². The van der Waals surface area contributed by atoms with Gasteiger partial charge < -0.3 is 8.99 Å². The Labute approximate surface area is 217 Å². The van der Waals surface area contributed by atoms with Gasteiger partial charge in [-0.25, -0.2) is 0 Å². The first kappa shape index (κ1) is 26.1. The van der Waals surface area contributed by atoms with E-state index in [0.717, 1.165) is 46.5 Å². The van der Waals surface area contributed by atoms with Crippen LogP contribution in [0, 0.1) is 6.92 Å². The number of benzene rings is 2. The van der Waals surface area contributed by atoms with E-state index in [-0.39, 0.29) is 10.8 Å². The molecule has 0 saturated carbocycles. The molecule has 2 heterocycles. The van der Waals surface area contributed by atoms with Crippen LogP contribution in [0.3, 0.4) is 0 Å². The number of Topliss-reactive ketones (excluding diaryl/α,β-unsaturated/α-hetero) is 1. The number of carbonyl (C=O) groups excluding carboxylic acids is 1. The predicted octanol–water partition coefficient (Wildman–Crippen LogP) is 6.81. The van der Waals surface area contributed by atoms with Crippen molar-refractivity contribution in [2.24, 2.45) is 0 Å². The van der Waals surface area contributed by atoms with Crippen LogP contribution in [0.1, 0.15) is 75.5 Å². The molecule has 0 N–H and O–H groups in total. The van der Waals surface area contributed by atoms with Gasteiger partial charge in [0.05, 0.1) is 17.7 Å². The summed E-state index contributed by atoms with van der Waals surface area (Å²) in [5.74, 6) is 0.200. The van der Waals surface area contributed by atoms with Gasteiger partial charge in [-0.15, -0.1) is 0 Å². The zero-order valence-corrected chi connectivity index (χ0v) is 24.3. The summed E-state index contributed by atoms with van der Waals surface area (Å²) in [7, 11) is -0.727. The molecule has 6 heteroatoms. The molecule has 4 rings (SSSR count). The third-order valence-electron chi connectivity index (χ3n) is 6.95. The fraction of sp³-hybridized carbons (Fsp3) is 0.483. The highest BCUT2D eigenvalue weighted by Crippen LogP contribution is 2.35. The second-order valence-corrected chi connectivity index (χ2v) is 14.8. The zero-order chi connectivity index (χ0) is 25.4. The predicted molar refractivity (Wildman–Crippen MR) is 150 cm³/mol. The molecule has 1 saturated heterocycles. The Hall–Kier alpha value is -1.92. The highest BCUT2D eigenvalue weighted by Gasteiger charge is 2.28. The lowest BCUT2D eigenvalue weighted by molar-refractivity contribution is 0.0916. The summed E-state index contributed by atoms with van der Waals surface area (Å²) in [6.07, 6.45) is 3.61. The Morgan fingerprint density at radius 2 is 1.66 bits per heavy atom. The molecule has 0 bridgehead atoms. The molecule has 3 aromatic rings. The van der Waals surface area contributed by atoms with Gasteiger partial charge in [0, 0.05) is 27.4 Å². The Morgan fingerprint density at radius 3 is 2.29 bits per heavy atom. The molecule has 0 aliphatic carbocycles. The van der Waals surface area contributed by atoms with Crippen molar-refractivity contribution in [3.63, 3.8) is 0 Å². The van der Waals surface area contributed by atoms with Crippen molar-refractivity contribution < 1.29 is 9.22 Å². The van der Waals surface area contributed by atoms with Gasteiger partial charge in [0.25, 0.3) is 0 Å². The number of rotatable bonds is 7. The molecule has 1 fully saturated rings. The van der Waals surface area contributed by atoms with Crippen molar-refractivity contribution in [2.75, 3.05) is 19.6 Å². The van der Waals surface area contributed by atoms with E-state index in [2.05, 4.69) is 69.2 Å². The van der Waals surface area contributed by atoms with Crippen molar-refractivity contribution in [1.82, 2.24) is 9.47 Å². The maximum absolute atomic E-state index is 13.6. The number of likely N-dealkylation sites (tertiary alicyclic amines) is 1. The van der Waals surface area contributed by atoms with E-state index in [1.54, 1.807) is 0 Å². The Balaban J connectivity index is 1.81. The molecule has 1 aromatic heterocycles. The Kier molecular flexibility index (Phi) is 7.63. The van der Waals surface area contributed by atoms with Crippen molar-refractivity contribution in [2.45, 2.75) is 71.4 Å². The van der Waals surface area contributed by atoms with E-state index in [4.69, 9.17) is 16.0 Å². The first-order valence-corrected chi connectivity index (χ1v) is 14.4. The van der Waals surface area contributed by atoms with Crippen LogP contribution in [0.25, 0.3) is 16.6 Å². The lowest BCUT2D eigenvalue weighted by atomic mass is 9.96. The van der Waals surface area contributed by atoms with Gasteiger partial charge in [-0.3, -0.25) is 9.69 Å². The summed E-state index contributed by atoms with van der Waals surface area (Å²) >= 11 is 6.20. The van der Waals surface area contributed by atoms with Gasteiger partial charge in [0.2, 0.25) is 0 Å². The van der Waals surface area contributed by atoms with E-state index in [1.165, 1.54) is 19.3 Å². The molecule has 1 aliphatic heterocycles. The van der Waals surface area contributed by atoms with E-state index < -0.39 is 15.4 Å².